The van der Waals surface area contributed by atoms with Crippen LogP contribution in [0, 0.1) is 10.1 Å². The van der Waals surface area contributed by atoms with E-state index in [0.717, 1.165) is 12.8 Å². The van der Waals surface area contributed by atoms with Crippen molar-refractivity contribution < 1.29 is 19.2 Å². The van der Waals surface area contributed by atoms with Gasteiger partial charge in [0.25, 0.3) is 11.6 Å². The van der Waals surface area contributed by atoms with Gasteiger partial charge in [-0.1, -0.05) is 0 Å². The van der Waals surface area contributed by atoms with Crippen LogP contribution in [0.15, 0.2) is 48.8 Å². The van der Waals surface area contributed by atoms with Crippen molar-refractivity contribution in [1.82, 2.24) is 9.88 Å². The van der Waals surface area contributed by atoms with Gasteiger partial charge in [-0.05, 0) is 49.1 Å². The quantitative estimate of drug-likeness (QED) is 0.456. The molecule has 1 saturated heterocycles. The van der Waals surface area contributed by atoms with Crippen LogP contribution >= 0.6 is 0 Å². The van der Waals surface area contributed by atoms with Crippen LogP contribution in [-0.4, -0.2) is 39.3 Å². The first-order valence-electron chi connectivity index (χ1n) is 8.67. The number of amides is 1. The number of nitrogens with zero attached hydrogens (tertiary/aromatic N) is 3. The Hall–Kier alpha value is -3.29. The standard InChI is InChI=1S/C19H19N3O5/c23-18(15-4-3-10-20-12-15)21-11-2-1-5-17(21)19(24)27-13-14-6-8-16(9-7-14)22(25)26/h3-4,6-10,12,17H,1-2,5,11,13H2/t17-/m0/s1. The van der Waals surface area contributed by atoms with Crippen molar-refractivity contribution in [2.75, 3.05) is 6.54 Å². The zero-order valence-electron chi connectivity index (χ0n) is 14.6. The molecule has 0 radical (unpaired) electrons. The van der Waals surface area contributed by atoms with E-state index in [2.05, 4.69) is 4.98 Å². The maximum Gasteiger partial charge on any atom is 0.329 e. The number of benzene rings is 1. The van der Waals surface area contributed by atoms with Crippen molar-refractivity contribution in [2.24, 2.45) is 0 Å². The molecule has 0 spiro atoms. The van der Waals surface area contributed by atoms with Crippen LogP contribution in [-0.2, 0) is 16.1 Å². The van der Waals surface area contributed by atoms with Crippen molar-refractivity contribution in [2.45, 2.75) is 31.9 Å². The van der Waals surface area contributed by atoms with Crippen molar-refractivity contribution >= 4 is 17.6 Å². The molecule has 1 aromatic heterocycles. The van der Waals surface area contributed by atoms with Gasteiger partial charge in [0.2, 0.25) is 0 Å². The van der Waals surface area contributed by atoms with Gasteiger partial charge in [-0.25, -0.2) is 4.79 Å². The Labute approximate surface area is 155 Å². The normalized spacial score (nSPS) is 16.6. The highest BCUT2D eigenvalue weighted by molar-refractivity contribution is 5.96. The lowest BCUT2D eigenvalue weighted by molar-refractivity contribution is -0.384. The second kappa shape index (κ2) is 8.39. The van der Waals surface area contributed by atoms with Crippen LogP contribution in [0.1, 0.15) is 35.2 Å². The number of rotatable bonds is 5. The van der Waals surface area contributed by atoms with Gasteiger partial charge >= 0.3 is 5.97 Å². The molecule has 3 rings (SSSR count). The minimum Gasteiger partial charge on any atom is -0.459 e. The van der Waals surface area contributed by atoms with E-state index >= 15 is 0 Å². The SMILES string of the molecule is O=C(OCc1ccc([N+](=O)[O-])cc1)[C@@H]1CCCCN1C(=O)c1cccnc1. The Kier molecular flexibility index (Phi) is 5.75. The summed E-state index contributed by atoms with van der Waals surface area (Å²) in [5, 5.41) is 10.7. The molecule has 1 atom stereocenters. The maximum absolute atomic E-state index is 12.7. The van der Waals surface area contributed by atoms with Crippen molar-refractivity contribution in [3.8, 4) is 0 Å². The lowest BCUT2D eigenvalue weighted by Crippen LogP contribution is -2.48. The molecule has 1 aliphatic heterocycles. The van der Waals surface area contributed by atoms with Gasteiger partial charge in [-0.15, -0.1) is 0 Å². The molecule has 140 valence electrons. The van der Waals surface area contributed by atoms with Crippen LogP contribution < -0.4 is 0 Å². The highest BCUT2D eigenvalue weighted by Crippen LogP contribution is 2.21. The number of esters is 1. The fourth-order valence-electron chi connectivity index (χ4n) is 3.04. The molecule has 2 heterocycles. The molecular formula is C19H19N3O5. The Morgan fingerprint density at radius 3 is 2.67 bits per heavy atom. The molecular weight excluding hydrogens is 350 g/mol. The molecule has 1 amide bonds. The van der Waals surface area contributed by atoms with E-state index < -0.39 is 16.9 Å². The smallest absolute Gasteiger partial charge is 0.329 e. The molecule has 0 saturated carbocycles. The number of carbonyl (C=O) groups excluding carboxylic acids is 2. The molecule has 8 heteroatoms. The monoisotopic (exact) mass is 369 g/mol. The highest BCUT2D eigenvalue weighted by atomic mass is 16.6. The Bertz CT molecular complexity index is 823. The lowest BCUT2D eigenvalue weighted by Gasteiger charge is -2.34. The van der Waals surface area contributed by atoms with Crippen LogP contribution in [0.5, 0.6) is 0 Å². The number of carbonyl (C=O) groups is 2. The molecule has 1 aromatic carbocycles. The van der Waals surface area contributed by atoms with E-state index in [1.165, 1.54) is 18.3 Å². The zero-order valence-corrected chi connectivity index (χ0v) is 14.6. The minimum absolute atomic E-state index is 0.00223. The molecule has 0 aliphatic carbocycles. The predicted molar refractivity (Wildman–Crippen MR) is 95.8 cm³/mol. The average molecular weight is 369 g/mol. The number of aromatic nitrogens is 1. The first-order chi connectivity index (χ1) is 13.1. The third-order valence-corrected chi connectivity index (χ3v) is 4.47. The molecule has 1 aliphatic rings. The summed E-state index contributed by atoms with van der Waals surface area (Å²) >= 11 is 0. The maximum atomic E-state index is 12.7. The molecule has 27 heavy (non-hydrogen) atoms. The second-order valence-corrected chi connectivity index (χ2v) is 6.28. The molecule has 1 fully saturated rings. The van der Waals surface area contributed by atoms with Crippen LogP contribution in [0.25, 0.3) is 0 Å². The van der Waals surface area contributed by atoms with Crippen molar-refractivity contribution in [3.63, 3.8) is 0 Å². The highest BCUT2D eigenvalue weighted by Gasteiger charge is 2.33. The number of nitro benzene ring substituents is 1. The van der Waals surface area contributed by atoms with Gasteiger partial charge in [-0.2, -0.15) is 0 Å². The van der Waals surface area contributed by atoms with Gasteiger partial charge in [0.05, 0.1) is 10.5 Å². The minimum atomic E-state index is -0.635. The number of pyridine rings is 1. The Balaban J connectivity index is 1.64. The van der Waals surface area contributed by atoms with Crippen molar-refractivity contribution in [1.29, 1.82) is 0 Å². The summed E-state index contributed by atoms with van der Waals surface area (Å²) in [5.41, 5.74) is 1.06. The largest absolute Gasteiger partial charge is 0.459 e. The van der Waals surface area contributed by atoms with E-state index in [-0.39, 0.29) is 18.2 Å². The molecule has 0 N–H and O–H groups in total. The van der Waals surface area contributed by atoms with Crippen LogP contribution in [0.2, 0.25) is 0 Å². The Morgan fingerprint density at radius 1 is 1.22 bits per heavy atom. The Morgan fingerprint density at radius 2 is 2.00 bits per heavy atom. The van der Waals surface area contributed by atoms with E-state index in [0.29, 0.717) is 24.1 Å². The summed E-state index contributed by atoms with van der Waals surface area (Å²) in [6.45, 7) is 0.493. The van der Waals surface area contributed by atoms with E-state index in [1.807, 2.05) is 0 Å². The summed E-state index contributed by atoms with van der Waals surface area (Å²) in [6.07, 6.45) is 5.29. The number of non-ortho nitro benzene ring substituents is 1. The first-order valence-corrected chi connectivity index (χ1v) is 8.67. The van der Waals surface area contributed by atoms with Crippen LogP contribution in [0.3, 0.4) is 0 Å². The number of piperidine rings is 1. The number of ether oxygens (including phenoxy) is 1. The predicted octanol–water partition coefficient (Wildman–Crippen LogP) is 2.73. The molecule has 0 unspecified atom stereocenters. The van der Waals surface area contributed by atoms with Crippen molar-refractivity contribution in [3.05, 3.63) is 70.0 Å². The summed E-state index contributed by atoms with van der Waals surface area (Å²) in [4.78, 5) is 40.9. The van der Waals surface area contributed by atoms with Gasteiger partial charge in [0, 0.05) is 31.1 Å². The fourth-order valence-corrected chi connectivity index (χ4v) is 3.04. The van der Waals surface area contributed by atoms with E-state index in [4.69, 9.17) is 4.74 Å². The zero-order chi connectivity index (χ0) is 19.2. The summed E-state index contributed by atoms with van der Waals surface area (Å²) < 4.78 is 5.37. The van der Waals surface area contributed by atoms with Gasteiger partial charge < -0.3 is 9.64 Å². The first kappa shape index (κ1) is 18.5. The third-order valence-electron chi connectivity index (χ3n) is 4.47. The van der Waals surface area contributed by atoms with E-state index in [1.54, 1.807) is 35.4 Å². The van der Waals surface area contributed by atoms with Gasteiger partial charge in [-0.3, -0.25) is 19.9 Å². The topological polar surface area (TPSA) is 103 Å². The number of nitro groups is 1. The van der Waals surface area contributed by atoms with Gasteiger partial charge in [0.1, 0.15) is 12.6 Å². The third kappa shape index (κ3) is 4.46. The summed E-state index contributed by atoms with van der Waals surface area (Å²) in [5.74, 6) is -0.703. The lowest BCUT2D eigenvalue weighted by atomic mass is 10.0. The van der Waals surface area contributed by atoms with Gasteiger partial charge in [0.15, 0.2) is 0 Å². The number of likely N-dealkylation sites (tertiary alicyclic amines) is 1. The molecule has 0 bridgehead atoms. The fraction of sp³-hybridized carbons (Fsp3) is 0.316. The average Bonchev–Trinajstić information content (AvgIpc) is 2.72. The van der Waals surface area contributed by atoms with Crippen LogP contribution in [0.4, 0.5) is 5.69 Å². The van der Waals surface area contributed by atoms with E-state index in [9.17, 15) is 19.7 Å². The number of hydrogen-bond acceptors (Lipinski definition) is 6. The molecule has 2 aromatic rings. The molecule has 8 nitrogen and oxygen atoms in total. The summed E-state index contributed by atoms with van der Waals surface area (Å²) in [7, 11) is 0. The second-order valence-electron chi connectivity index (χ2n) is 6.28. The summed E-state index contributed by atoms with van der Waals surface area (Å²) in [6, 6.07) is 8.53. The number of hydrogen-bond donors (Lipinski definition) is 0.